The SMILES string of the molecule is Cc1ccc(NCCNc2ccc(C)c3sc4ccccc4c(=O)c23)c2c(=O)c3ccccc3sc12. The van der Waals surface area contributed by atoms with Crippen molar-refractivity contribution in [2.24, 2.45) is 0 Å². The Hall–Kier alpha value is -3.74. The van der Waals surface area contributed by atoms with Crippen LogP contribution in [0.2, 0.25) is 0 Å². The maximum absolute atomic E-state index is 13.4. The highest BCUT2D eigenvalue weighted by molar-refractivity contribution is 7.25. The summed E-state index contributed by atoms with van der Waals surface area (Å²) >= 11 is 3.32. The minimum absolute atomic E-state index is 0.0624. The molecule has 6 rings (SSSR count). The lowest BCUT2D eigenvalue weighted by Crippen LogP contribution is -2.16. The maximum atomic E-state index is 13.4. The Kier molecular flexibility index (Phi) is 5.70. The Balaban J connectivity index is 1.31. The van der Waals surface area contributed by atoms with E-state index in [1.807, 2.05) is 74.5 Å². The molecule has 0 saturated carbocycles. The molecule has 2 heterocycles. The van der Waals surface area contributed by atoms with E-state index in [0.29, 0.717) is 13.1 Å². The van der Waals surface area contributed by atoms with Crippen molar-refractivity contribution in [3.05, 3.63) is 104 Å². The van der Waals surface area contributed by atoms with Crippen molar-refractivity contribution in [1.82, 2.24) is 0 Å². The number of hydrogen-bond acceptors (Lipinski definition) is 6. The predicted molar refractivity (Wildman–Crippen MR) is 158 cm³/mol. The first kappa shape index (κ1) is 22.7. The first-order chi connectivity index (χ1) is 17.5. The predicted octanol–water partition coefficient (Wildman–Crippen LogP) is 7.28. The molecule has 4 aromatic carbocycles. The number of nitrogens with one attached hydrogen (secondary N) is 2. The summed E-state index contributed by atoms with van der Waals surface area (Å²) in [6, 6.07) is 23.7. The van der Waals surface area contributed by atoms with Gasteiger partial charge in [-0.05, 0) is 61.4 Å². The minimum atomic E-state index is 0.0624. The number of fused-ring (bicyclic) bond motifs is 4. The zero-order chi connectivity index (χ0) is 24.8. The molecule has 6 heteroatoms. The Morgan fingerprint density at radius 3 is 1.44 bits per heavy atom. The summed E-state index contributed by atoms with van der Waals surface area (Å²) in [5.41, 5.74) is 4.01. The van der Waals surface area contributed by atoms with Crippen molar-refractivity contribution >= 4 is 74.4 Å². The molecule has 0 fully saturated rings. The zero-order valence-electron chi connectivity index (χ0n) is 20.0. The number of anilines is 2. The van der Waals surface area contributed by atoms with Crippen LogP contribution in [0, 0.1) is 13.8 Å². The van der Waals surface area contributed by atoms with Gasteiger partial charge in [-0.25, -0.2) is 0 Å². The average molecular weight is 509 g/mol. The number of aryl methyl sites for hydroxylation is 2. The fourth-order valence-electron chi connectivity index (χ4n) is 4.75. The normalized spacial score (nSPS) is 11.5. The summed E-state index contributed by atoms with van der Waals surface area (Å²) < 4.78 is 4.05. The van der Waals surface area contributed by atoms with Crippen LogP contribution in [0.5, 0.6) is 0 Å². The summed E-state index contributed by atoms with van der Waals surface area (Å²) in [5.74, 6) is 0. The van der Waals surface area contributed by atoms with E-state index in [4.69, 9.17) is 0 Å². The standard InChI is InChI=1S/C30H24N2O2S2/c1-17-11-13-21(25-27(33)19-7-3-5-9-23(19)35-29(17)25)31-15-16-32-22-14-12-18(2)30-26(22)28(34)20-8-4-6-10-24(20)36-30/h3-14,31-32H,15-16H2,1-2H3. The van der Waals surface area contributed by atoms with Gasteiger partial charge in [-0.3, -0.25) is 9.59 Å². The van der Waals surface area contributed by atoms with Crippen LogP contribution in [-0.4, -0.2) is 13.1 Å². The first-order valence-electron chi connectivity index (χ1n) is 11.9. The molecule has 0 amide bonds. The van der Waals surface area contributed by atoms with Crippen LogP contribution in [0.3, 0.4) is 0 Å². The average Bonchev–Trinajstić information content (AvgIpc) is 2.89. The second-order valence-electron chi connectivity index (χ2n) is 8.98. The Morgan fingerprint density at radius 1 is 0.583 bits per heavy atom. The topological polar surface area (TPSA) is 58.2 Å². The van der Waals surface area contributed by atoms with Gasteiger partial charge >= 0.3 is 0 Å². The van der Waals surface area contributed by atoms with Crippen LogP contribution < -0.4 is 21.5 Å². The van der Waals surface area contributed by atoms with E-state index in [1.165, 1.54) is 0 Å². The van der Waals surface area contributed by atoms with Gasteiger partial charge in [0.15, 0.2) is 10.9 Å². The van der Waals surface area contributed by atoms with E-state index in [0.717, 1.165) is 62.8 Å². The molecule has 0 radical (unpaired) electrons. The van der Waals surface area contributed by atoms with Crippen molar-refractivity contribution in [2.75, 3.05) is 23.7 Å². The zero-order valence-corrected chi connectivity index (χ0v) is 21.6. The molecule has 0 aliphatic carbocycles. The quantitative estimate of drug-likeness (QED) is 0.190. The summed E-state index contributed by atoms with van der Waals surface area (Å²) in [6.07, 6.45) is 0. The first-order valence-corrected chi connectivity index (χ1v) is 13.5. The molecule has 0 atom stereocenters. The Morgan fingerprint density at radius 2 is 1.00 bits per heavy atom. The smallest absolute Gasteiger partial charge is 0.197 e. The van der Waals surface area contributed by atoms with Crippen molar-refractivity contribution in [2.45, 2.75) is 13.8 Å². The van der Waals surface area contributed by atoms with E-state index in [9.17, 15) is 9.59 Å². The Bertz CT molecular complexity index is 1780. The van der Waals surface area contributed by atoms with Crippen LogP contribution in [0.25, 0.3) is 40.3 Å². The molecule has 6 aromatic rings. The summed E-state index contributed by atoms with van der Waals surface area (Å²) in [6.45, 7) is 5.31. The second-order valence-corrected chi connectivity index (χ2v) is 11.1. The van der Waals surface area contributed by atoms with Crippen molar-refractivity contribution in [1.29, 1.82) is 0 Å². The minimum Gasteiger partial charge on any atom is -0.383 e. The lowest BCUT2D eigenvalue weighted by molar-refractivity contribution is 1.08. The van der Waals surface area contributed by atoms with Crippen molar-refractivity contribution in [3.8, 4) is 0 Å². The van der Waals surface area contributed by atoms with E-state index in [1.54, 1.807) is 22.7 Å². The number of hydrogen-bond donors (Lipinski definition) is 2. The highest BCUT2D eigenvalue weighted by Gasteiger charge is 2.13. The third kappa shape index (κ3) is 3.74. The van der Waals surface area contributed by atoms with Gasteiger partial charge in [-0.1, -0.05) is 36.4 Å². The summed E-state index contributed by atoms with van der Waals surface area (Å²) in [7, 11) is 0. The van der Waals surface area contributed by atoms with E-state index < -0.39 is 0 Å². The fourth-order valence-corrected chi connectivity index (χ4v) is 7.09. The highest BCUT2D eigenvalue weighted by Crippen LogP contribution is 2.33. The van der Waals surface area contributed by atoms with Gasteiger partial charge in [-0.2, -0.15) is 0 Å². The van der Waals surface area contributed by atoms with Crippen LogP contribution in [0.4, 0.5) is 11.4 Å². The largest absolute Gasteiger partial charge is 0.383 e. The van der Waals surface area contributed by atoms with Gasteiger partial charge in [0, 0.05) is 54.0 Å². The fraction of sp³-hybridized carbons (Fsp3) is 0.133. The van der Waals surface area contributed by atoms with Gasteiger partial charge in [0.2, 0.25) is 0 Å². The van der Waals surface area contributed by atoms with Gasteiger partial charge < -0.3 is 10.6 Å². The molecule has 0 spiro atoms. The third-order valence-electron chi connectivity index (χ3n) is 6.61. The van der Waals surface area contributed by atoms with Crippen LogP contribution in [0.1, 0.15) is 11.1 Å². The Labute approximate surface area is 215 Å². The summed E-state index contributed by atoms with van der Waals surface area (Å²) in [4.78, 5) is 26.7. The highest BCUT2D eigenvalue weighted by atomic mass is 32.1. The maximum Gasteiger partial charge on any atom is 0.197 e. The van der Waals surface area contributed by atoms with Gasteiger partial charge in [-0.15, -0.1) is 22.7 Å². The van der Waals surface area contributed by atoms with Gasteiger partial charge in [0.05, 0.1) is 10.8 Å². The third-order valence-corrected chi connectivity index (χ3v) is 9.22. The lowest BCUT2D eigenvalue weighted by atomic mass is 10.1. The molecule has 4 nitrogen and oxygen atoms in total. The molecule has 0 bridgehead atoms. The van der Waals surface area contributed by atoms with Crippen LogP contribution in [0.15, 0.2) is 82.4 Å². The van der Waals surface area contributed by atoms with Crippen molar-refractivity contribution < 1.29 is 0 Å². The van der Waals surface area contributed by atoms with Gasteiger partial charge in [0.25, 0.3) is 0 Å². The van der Waals surface area contributed by atoms with Gasteiger partial charge in [0.1, 0.15) is 0 Å². The summed E-state index contributed by atoms with van der Waals surface area (Å²) in [5, 5.41) is 9.92. The van der Waals surface area contributed by atoms with E-state index >= 15 is 0 Å². The van der Waals surface area contributed by atoms with Crippen LogP contribution >= 0.6 is 22.7 Å². The molecule has 178 valence electrons. The number of benzene rings is 4. The molecule has 0 aliphatic heterocycles. The monoisotopic (exact) mass is 508 g/mol. The molecule has 36 heavy (non-hydrogen) atoms. The lowest BCUT2D eigenvalue weighted by Gasteiger charge is -2.14. The molecule has 0 saturated heterocycles. The molecular weight excluding hydrogens is 484 g/mol. The van der Waals surface area contributed by atoms with E-state index in [-0.39, 0.29) is 10.9 Å². The molecule has 2 aromatic heterocycles. The van der Waals surface area contributed by atoms with E-state index in [2.05, 4.69) is 22.8 Å². The van der Waals surface area contributed by atoms with Crippen LogP contribution in [-0.2, 0) is 0 Å². The molecule has 2 N–H and O–H groups in total. The molecular formula is C30H24N2O2S2. The molecule has 0 unspecified atom stereocenters. The number of rotatable bonds is 5. The molecule has 0 aliphatic rings. The van der Waals surface area contributed by atoms with Crippen molar-refractivity contribution in [3.63, 3.8) is 0 Å². The second kappa shape index (κ2) is 9.04.